The summed E-state index contributed by atoms with van der Waals surface area (Å²) in [5.41, 5.74) is 3.42. The molecule has 0 spiro atoms. The van der Waals surface area contributed by atoms with Gasteiger partial charge < -0.3 is 15.2 Å². The highest BCUT2D eigenvalue weighted by Gasteiger charge is 2.39. The van der Waals surface area contributed by atoms with E-state index in [1.54, 1.807) is 6.20 Å². The number of hydrogen-bond donors (Lipinski definition) is 2. The average Bonchev–Trinajstić information content (AvgIpc) is 3.26. The van der Waals surface area contributed by atoms with Gasteiger partial charge in [-0.2, -0.15) is 5.10 Å². The van der Waals surface area contributed by atoms with Crippen molar-refractivity contribution in [3.8, 4) is 0 Å². The molecule has 2 N–H and O–H groups in total. The number of nitrogens with zero attached hydrogens (tertiary/aromatic N) is 3. The lowest BCUT2D eigenvalue weighted by molar-refractivity contribution is -0.127. The molecule has 24 heavy (non-hydrogen) atoms. The molecule has 1 amide bonds. The van der Waals surface area contributed by atoms with E-state index in [1.165, 1.54) is 10.9 Å². The summed E-state index contributed by atoms with van der Waals surface area (Å²) in [6.07, 6.45) is 4.25. The van der Waals surface area contributed by atoms with Crippen molar-refractivity contribution in [1.82, 2.24) is 25.0 Å². The first kappa shape index (κ1) is 15.0. The van der Waals surface area contributed by atoms with E-state index in [0.717, 1.165) is 17.8 Å². The van der Waals surface area contributed by atoms with Crippen molar-refractivity contribution in [3.05, 3.63) is 54.0 Å². The Hall–Kier alpha value is -2.60. The largest absolute Gasteiger partial charge is 0.361 e. The lowest BCUT2D eigenvalue weighted by Gasteiger charge is -2.26. The number of likely N-dealkylation sites (N-methyl/N-ethyl adjacent to an activating group) is 1. The quantitative estimate of drug-likeness (QED) is 0.771. The number of hydrogen-bond acceptors (Lipinski definition) is 3. The van der Waals surface area contributed by atoms with Crippen molar-refractivity contribution in [2.24, 2.45) is 7.05 Å². The summed E-state index contributed by atoms with van der Waals surface area (Å²) in [7, 11) is 3.79. The lowest BCUT2D eigenvalue weighted by Crippen LogP contribution is -2.36. The molecule has 1 aliphatic heterocycles. The molecule has 1 saturated heterocycles. The normalized spacial score (nSPS) is 21.1. The fourth-order valence-electron chi connectivity index (χ4n) is 3.67. The van der Waals surface area contributed by atoms with Crippen LogP contribution >= 0.6 is 0 Å². The minimum Gasteiger partial charge on any atom is -0.361 e. The number of aromatic amines is 1. The molecule has 2 atom stereocenters. The molecule has 124 valence electrons. The van der Waals surface area contributed by atoms with Crippen LogP contribution in [0, 0.1) is 0 Å². The Morgan fingerprint density at radius 1 is 1.29 bits per heavy atom. The summed E-state index contributed by atoms with van der Waals surface area (Å²) in [4.78, 5) is 17.4. The number of aryl methyl sites for hydroxylation is 1. The van der Waals surface area contributed by atoms with Gasteiger partial charge in [0.1, 0.15) is 0 Å². The van der Waals surface area contributed by atoms with Gasteiger partial charge >= 0.3 is 0 Å². The van der Waals surface area contributed by atoms with Gasteiger partial charge in [-0.1, -0.05) is 18.2 Å². The van der Waals surface area contributed by atoms with Gasteiger partial charge in [-0.05, 0) is 23.1 Å². The zero-order chi connectivity index (χ0) is 16.7. The minimum atomic E-state index is 0.00726. The van der Waals surface area contributed by atoms with Crippen LogP contribution in [0.2, 0.25) is 0 Å². The fraction of sp³-hybridized carbons (Fsp3) is 0.333. The maximum atomic E-state index is 12.2. The Labute approximate surface area is 140 Å². The van der Waals surface area contributed by atoms with Gasteiger partial charge in [0, 0.05) is 51.0 Å². The van der Waals surface area contributed by atoms with Gasteiger partial charge in [0.05, 0.1) is 11.7 Å². The zero-order valence-corrected chi connectivity index (χ0v) is 13.9. The lowest BCUT2D eigenvalue weighted by atomic mass is 10.0. The van der Waals surface area contributed by atoms with Crippen LogP contribution in [0.15, 0.2) is 42.7 Å². The number of H-pyrrole nitrogens is 1. The minimum absolute atomic E-state index is 0.00726. The van der Waals surface area contributed by atoms with E-state index in [1.807, 2.05) is 35.9 Å². The van der Waals surface area contributed by atoms with E-state index < -0.39 is 0 Å². The number of amides is 1. The maximum Gasteiger partial charge on any atom is 0.224 e. The Kier molecular flexibility index (Phi) is 3.61. The molecule has 3 heterocycles. The summed E-state index contributed by atoms with van der Waals surface area (Å²) >= 11 is 0. The second-order valence-corrected chi connectivity index (χ2v) is 6.38. The Bertz CT molecular complexity index is 880. The number of benzene rings is 1. The number of nitrogens with one attached hydrogen (secondary N) is 2. The molecule has 0 radical (unpaired) electrons. The number of carbonyl (C=O) groups is 1. The third-order valence-electron chi connectivity index (χ3n) is 4.98. The molecule has 1 aromatic carbocycles. The molecule has 2 aromatic heterocycles. The van der Waals surface area contributed by atoms with Gasteiger partial charge in [0.15, 0.2) is 0 Å². The molecule has 0 unspecified atom stereocenters. The predicted molar refractivity (Wildman–Crippen MR) is 92.3 cm³/mol. The highest BCUT2D eigenvalue weighted by molar-refractivity contribution is 5.82. The molecule has 6 nitrogen and oxygen atoms in total. The van der Waals surface area contributed by atoms with Crippen LogP contribution < -0.4 is 5.32 Å². The van der Waals surface area contributed by atoms with Crippen LogP contribution in [-0.2, 0) is 18.4 Å². The molecule has 1 aliphatic rings. The van der Waals surface area contributed by atoms with Crippen molar-refractivity contribution in [3.63, 3.8) is 0 Å². The van der Waals surface area contributed by atoms with E-state index in [2.05, 4.69) is 39.7 Å². The van der Waals surface area contributed by atoms with Crippen LogP contribution in [0.4, 0.5) is 0 Å². The first-order valence-corrected chi connectivity index (χ1v) is 8.17. The topological polar surface area (TPSA) is 66.0 Å². The summed E-state index contributed by atoms with van der Waals surface area (Å²) < 4.78 is 1.85. The summed E-state index contributed by atoms with van der Waals surface area (Å²) in [6.45, 7) is 0.720. The summed E-state index contributed by atoms with van der Waals surface area (Å²) in [5.74, 6) is 0.164. The van der Waals surface area contributed by atoms with Crippen LogP contribution in [0.25, 0.3) is 10.9 Å². The SMILES string of the molecule is CN1C(=O)C[C@@H](NCc2cccc3cc[nH]c23)[C@@H]1c1ccnn1C. The van der Waals surface area contributed by atoms with Crippen LogP contribution in [0.3, 0.4) is 0 Å². The van der Waals surface area contributed by atoms with Crippen LogP contribution in [-0.4, -0.2) is 38.7 Å². The van der Waals surface area contributed by atoms with Crippen LogP contribution in [0.1, 0.15) is 23.7 Å². The first-order chi connectivity index (χ1) is 11.6. The van der Waals surface area contributed by atoms with Gasteiger partial charge in [-0.25, -0.2) is 0 Å². The standard InChI is InChI=1S/C18H21N5O/c1-22-16(24)10-14(18(22)15-7-9-21-23(15)2)20-11-13-5-3-4-12-6-8-19-17(12)13/h3-9,14,18-20H,10-11H2,1-2H3/t14-,18-/m1/s1. The first-order valence-electron chi connectivity index (χ1n) is 8.17. The Morgan fingerprint density at radius 3 is 2.96 bits per heavy atom. The summed E-state index contributed by atoms with van der Waals surface area (Å²) in [5, 5.41) is 9.04. The summed E-state index contributed by atoms with van der Waals surface area (Å²) in [6, 6.07) is 10.4. The number of fused-ring (bicyclic) bond motifs is 1. The molecule has 6 heteroatoms. The van der Waals surface area contributed by atoms with Crippen molar-refractivity contribution >= 4 is 16.8 Å². The van der Waals surface area contributed by atoms with Crippen molar-refractivity contribution in [1.29, 1.82) is 0 Å². The van der Waals surface area contributed by atoms with Gasteiger partial charge in [-0.3, -0.25) is 9.48 Å². The maximum absolute atomic E-state index is 12.2. The van der Waals surface area contributed by atoms with E-state index in [9.17, 15) is 4.79 Å². The average molecular weight is 323 g/mol. The number of para-hydroxylation sites is 1. The second-order valence-electron chi connectivity index (χ2n) is 6.38. The second kappa shape index (κ2) is 5.79. The van der Waals surface area contributed by atoms with E-state index >= 15 is 0 Å². The Morgan fingerprint density at radius 2 is 2.17 bits per heavy atom. The molecule has 4 rings (SSSR count). The monoisotopic (exact) mass is 323 g/mol. The Balaban J connectivity index is 1.58. The van der Waals surface area contributed by atoms with Gasteiger partial charge in [0.25, 0.3) is 0 Å². The molecule has 3 aromatic rings. The number of rotatable bonds is 4. The number of carbonyl (C=O) groups excluding carboxylic acids is 1. The van der Waals surface area contributed by atoms with E-state index in [4.69, 9.17) is 0 Å². The number of likely N-dealkylation sites (tertiary alicyclic amines) is 1. The highest BCUT2D eigenvalue weighted by atomic mass is 16.2. The van der Waals surface area contributed by atoms with Crippen LogP contribution in [0.5, 0.6) is 0 Å². The predicted octanol–water partition coefficient (Wildman–Crippen LogP) is 1.96. The van der Waals surface area contributed by atoms with Gasteiger partial charge in [0.2, 0.25) is 5.91 Å². The molecule has 1 fully saturated rings. The zero-order valence-electron chi connectivity index (χ0n) is 13.9. The van der Waals surface area contributed by atoms with E-state index in [0.29, 0.717) is 6.42 Å². The van der Waals surface area contributed by atoms with Gasteiger partial charge in [-0.15, -0.1) is 0 Å². The molecular weight excluding hydrogens is 302 g/mol. The smallest absolute Gasteiger partial charge is 0.224 e. The molecule has 0 bridgehead atoms. The number of aromatic nitrogens is 3. The van der Waals surface area contributed by atoms with E-state index in [-0.39, 0.29) is 18.0 Å². The van der Waals surface area contributed by atoms with Crippen molar-refractivity contribution < 1.29 is 4.79 Å². The molecular formula is C18H21N5O. The third kappa shape index (κ3) is 2.39. The fourth-order valence-corrected chi connectivity index (χ4v) is 3.67. The molecule has 0 aliphatic carbocycles. The molecule has 0 saturated carbocycles. The third-order valence-corrected chi connectivity index (χ3v) is 4.98. The van der Waals surface area contributed by atoms with Crippen molar-refractivity contribution in [2.75, 3.05) is 7.05 Å². The van der Waals surface area contributed by atoms with Crippen molar-refractivity contribution in [2.45, 2.75) is 25.0 Å². The highest BCUT2D eigenvalue weighted by Crippen LogP contribution is 2.31.